The number of rotatable bonds is 6. The van der Waals surface area contributed by atoms with E-state index in [2.05, 4.69) is 10.6 Å². The molecule has 2 aromatic rings. The highest BCUT2D eigenvalue weighted by molar-refractivity contribution is 6.17. The number of carbonyl (C=O) groups excluding carboxylic acids is 2. The van der Waals surface area contributed by atoms with Crippen molar-refractivity contribution < 1.29 is 9.59 Å². The van der Waals surface area contributed by atoms with Crippen molar-refractivity contribution in [1.82, 2.24) is 10.6 Å². The van der Waals surface area contributed by atoms with Crippen LogP contribution in [0.4, 0.5) is 0 Å². The number of alkyl halides is 2. The molecular weight excluding hydrogens is 395 g/mol. The lowest BCUT2D eigenvalue weighted by Gasteiger charge is -2.39. The number of hydrogen-bond donors (Lipinski definition) is 2. The molecule has 0 heterocycles. The third kappa shape index (κ3) is 5.06. The first-order valence-electron chi connectivity index (χ1n) is 9.50. The molecule has 1 saturated carbocycles. The van der Waals surface area contributed by atoms with E-state index in [1.807, 2.05) is 24.3 Å². The molecule has 28 heavy (non-hydrogen) atoms. The van der Waals surface area contributed by atoms with Crippen LogP contribution in [0.25, 0.3) is 0 Å². The van der Waals surface area contributed by atoms with Crippen LogP contribution < -0.4 is 10.6 Å². The predicted molar refractivity (Wildman–Crippen MR) is 113 cm³/mol. The minimum Gasteiger partial charge on any atom is -0.329 e. The summed E-state index contributed by atoms with van der Waals surface area (Å²) < 4.78 is 0. The van der Waals surface area contributed by atoms with Crippen LogP contribution in [0.2, 0.25) is 0 Å². The van der Waals surface area contributed by atoms with Gasteiger partial charge in [-0.2, -0.15) is 0 Å². The Morgan fingerprint density at radius 2 is 1.11 bits per heavy atom. The average molecular weight is 419 g/mol. The minimum absolute atomic E-state index is 0.194. The Labute approximate surface area is 175 Å². The van der Waals surface area contributed by atoms with Gasteiger partial charge >= 0.3 is 0 Å². The number of halogens is 2. The molecule has 1 fully saturated rings. The Balaban J connectivity index is 1.75. The van der Waals surface area contributed by atoms with Crippen LogP contribution in [0, 0.1) is 0 Å². The fourth-order valence-corrected chi connectivity index (χ4v) is 3.86. The first-order chi connectivity index (χ1) is 13.5. The van der Waals surface area contributed by atoms with E-state index in [-0.39, 0.29) is 11.8 Å². The monoisotopic (exact) mass is 418 g/mol. The molecule has 0 saturated heterocycles. The Bertz CT molecular complexity index is 750. The van der Waals surface area contributed by atoms with E-state index in [1.165, 1.54) is 0 Å². The maximum atomic E-state index is 12.8. The van der Waals surface area contributed by atoms with Crippen LogP contribution in [0.3, 0.4) is 0 Å². The van der Waals surface area contributed by atoms with Crippen LogP contribution in [-0.4, -0.2) is 17.5 Å². The highest BCUT2D eigenvalue weighted by Crippen LogP contribution is 2.27. The van der Waals surface area contributed by atoms with Gasteiger partial charge in [-0.25, -0.2) is 0 Å². The Morgan fingerprint density at radius 3 is 1.46 bits per heavy atom. The highest BCUT2D eigenvalue weighted by atomic mass is 35.5. The molecule has 3 rings (SSSR count). The predicted octanol–water partition coefficient (Wildman–Crippen LogP) is 4.98. The Kier molecular flexibility index (Phi) is 6.97. The molecule has 0 radical (unpaired) electrons. The summed E-state index contributed by atoms with van der Waals surface area (Å²) in [5.41, 5.74) is 2.29. The smallest absolute Gasteiger partial charge is 0.253 e. The van der Waals surface area contributed by atoms with Gasteiger partial charge in [0.15, 0.2) is 0 Å². The van der Waals surface area contributed by atoms with Crippen LogP contribution in [0.15, 0.2) is 48.5 Å². The van der Waals surface area contributed by atoms with Crippen molar-refractivity contribution >= 4 is 35.0 Å². The Morgan fingerprint density at radius 1 is 0.714 bits per heavy atom. The van der Waals surface area contributed by atoms with E-state index < -0.39 is 5.66 Å². The van der Waals surface area contributed by atoms with Crippen molar-refractivity contribution in [3.8, 4) is 0 Å². The number of amides is 2. The van der Waals surface area contributed by atoms with Gasteiger partial charge < -0.3 is 10.6 Å². The molecule has 0 atom stereocenters. The third-order valence-electron chi connectivity index (χ3n) is 5.15. The molecule has 2 amide bonds. The number of benzene rings is 2. The zero-order chi connectivity index (χ0) is 20.0. The second-order valence-corrected chi connectivity index (χ2v) is 7.75. The topological polar surface area (TPSA) is 58.2 Å². The van der Waals surface area contributed by atoms with Gasteiger partial charge in [-0.15, -0.1) is 23.2 Å². The molecule has 0 bridgehead atoms. The molecular formula is C22H24Cl2N2O2. The van der Waals surface area contributed by atoms with E-state index in [9.17, 15) is 9.59 Å². The van der Waals surface area contributed by atoms with Gasteiger partial charge in [-0.3, -0.25) is 9.59 Å². The fraction of sp³-hybridized carbons (Fsp3) is 0.364. The van der Waals surface area contributed by atoms with E-state index in [1.54, 1.807) is 24.3 Å². The molecule has 0 aliphatic heterocycles. The van der Waals surface area contributed by atoms with Crippen molar-refractivity contribution in [2.75, 3.05) is 0 Å². The lowest BCUT2D eigenvalue weighted by molar-refractivity contribution is 0.0745. The summed E-state index contributed by atoms with van der Waals surface area (Å²) in [6.45, 7) is 0. The molecule has 2 N–H and O–H groups in total. The lowest BCUT2D eigenvalue weighted by atomic mass is 9.88. The quantitative estimate of drug-likeness (QED) is 0.512. The molecule has 148 valence electrons. The standard InChI is InChI=1S/C22H24Cl2N2O2/c23-14-16-4-8-18(9-5-16)20(27)25-22(12-2-1-3-13-22)26-21(28)19-10-6-17(15-24)7-11-19/h4-11H,1-3,12-15H2,(H,25,27)(H,26,28). The second kappa shape index (κ2) is 9.44. The summed E-state index contributed by atoms with van der Waals surface area (Å²) in [6, 6.07) is 14.4. The van der Waals surface area contributed by atoms with Gasteiger partial charge in [-0.1, -0.05) is 30.7 Å². The van der Waals surface area contributed by atoms with Crippen LogP contribution in [-0.2, 0) is 11.8 Å². The van der Waals surface area contributed by atoms with Crippen molar-refractivity contribution in [3.05, 3.63) is 70.8 Å². The summed E-state index contributed by atoms with van der Waals surface area (Å²) in [6.07, 6.45) is 4.43. The summed E-state index contributed by atoms with van der Waals surface area (Å²) in [4.78, 5) is 25.6. The number of hydrogen-bond acceptors (Lipinski definition) is 2. The van der Waals surface area contributed by atoms with E-state index in [0.717, 1.165) is 30.4 Å². The minimum atomic E-state index is -0.733. The van der Waals surface area contributed by atoms with Gasteiger partial charge in [0.25, 0.3) is 11.8 Å². The van der Waals surface area contributed by atoms with Crippen molar-refractivity contribution in [2.45, 2.75) is 49.5 Å². The van der Waals surface area contributed by atoms with Gasteiger partial charge in [0, 0.05) is 22.9 Å². The molecule has 0 unspecified atom stereocenters. The largest absolute Gasteiger partial charge is 0.329 e. The highest BCUT2D eigenvalue weighted by Gasteiger charge is 2.35. The van der Waals surface area contributed by atoms with Crippen molar-refractivity contribution in [1.29, 1.82) is 0 Å². The number of carbonyl (C=O) groups is 2. The molecule has 0 aromatic heterocycles. The zero-order valence-electron chi connectivity index (χ0n) is 15.6. The fourth-order valence-electron chi connectivity index (χ4n) is 3.51. The molecule has 6 heteroatoms. The van der Waals surface area contributed by atoms with Crippen LogP contribution in [0.1, 0.15) is 63.9 Å². The summed E-state index contributed by atoms with van der Waals surface area (Å²) in [5.74, 6) is 0.427. The van der Waals surface area contributed by atoms with Gasteiger partial charge in [0.1, 0.15) is 5.66 Å². The molecule has 2 aromatic carbocycles. The Hall–Kier alpha value is -2.04. The maximum absolute atomic E-state index is 12.8. The van der Waals surface area contributed by atoms with Gasteiger partial charge in [0.2, 0.25) is 0 Å². The molecule has 4 nitrogen and oxygen atoms in total. The molecule has 1 aliphatic rings. The normalized spacial score (nSPS) is 15.6. The summed E-state index contributed by atoms with van der Waals surface area (Å²) >= 11 is 11.6. The average Bonchev–Trinajstić information content (AvgIpc) is 2.74. The van der Waals surface area contributed by atoms with Crippen molar-refractivity contribution in [3.63, 3.8) is 0 Å². The number of nitrogens with one attached hydrogen (secondary N) is 2. The van der Waals surface area contributed by atoms with E-state index in [4.69, 9.17) is 23.2 Å². The first-order valence-corrected chi connectivity index (χ1v) is 10.6. The lowest BCUT2D eigenvalue weighted by Crippen LogP contribution is -2.61. The van der Waals surface area contributed by atoms with E-state index in [0.29, 0.717) is 35.7 Å². The third-order valence-corrected chi connectivity index (χ3v) is 5.77. The van der Waals surface area contributed by atoms with Gasteiger partial charge in [0.05, 0.1) is 0 Å². The SMILES string of the molecule is O=C(NC1(NC(=O)c2ccc(CCl)cc2)CCCCC1)c1ccc(CCl)cc1. The van der Waals surface area contributed by atoms with E-state index >= 15 is 0 Å². The van der Waals surface area contributed by atoms with Crippen LogP contribution >= 0.6 is 23.2 Å². The summed E-state index contributed by atoms with van der Waals surface area (Å²) in [7, 11) is 0. The summed E-state index contributed by atoms with van der Waals surface area (Å²) in [5, 5.41) is 6.17. The second-order valence-electron chi connectivity index (χ2n) is 7.21. The zero-order valence-corrected chi connectivity index (χ0v) is 17.2. The van der Waals surface area contributed by atoms with Gasteiger partial charge in [-0.05, 0) is 61.1 Å². The van der Waals surface area contributed by atoms with Crippen molar-refractivity contribution in [2.24, 2.45) is 0 Å². The molecule has 1 aliphatic carbocycles. The molecule has 0 spiro atoms. The first kappa shape index (κ1) is 20.7. The maximum Gasteiger partial charge on any atom is 0.253 e. The van der Waals surface area contributed by atoms with Crippen LogP contribution in [0.5, 0.6) is 0 Å².